The first-order valence-electron chi connectivity index (χ1n) is 3.86. The van der Waals surface area contributed by atoms with E-state index in [0.29, 0.717) is 0 Å². The van der Waals surface area contributed by atoms with Crippen LogP contribution in [0.5, 0.6) is 0 Å². The lowest BCUT2D eigenvalue weighted by Crippen LogP contribution is -2.20. The summed E-state index contributed by atoms with van der Waals surface area (Å²) < 4.78 is 47.3. The van der Waals surface area contributed by atoms with Crippen LogP contribution in [0.25, 0.3) is 0 Å². The van der Waals surface area contributed by atoms with Crippen molar-refractivity contribution in [3.8, 4) is 6.07 Å². The van der Waals surface area contributed by atoms with E-state index in [9.17, 15) is 17.2 Å². The molecule has 1 aromatic rings. The van der Waals surface area contributed by atoms with E-state index in [1.807, 2.05) is 0 Å². The molecular weight excluding hydrogens is 262 g/mol. The zero-order chi connectivity index (χ0) is 12.3. The number of rotatable bonds is 3. The molecule has 0 fully saturated rings. The summed E-state index contributed by atoms with van der Waals surface area (Å²) in [7, 11) is -4.74. The van der Waals surface area contributed by atoms with Crippen LogP contribution in [0.3, 0.4) is 0 Å². The quantitative estimate of drug-likeness (QED) is 0.911. The Morgan fingerprint density at radius 2 is 2.06 bits per heavy atom. The van der Waals surface area contributed by atoms with Crippen LogP contribution in [0, 0.1) is 11.3 Å². The summed E-state index contributed by atoms with van der Waals surface area (Å²) in [4.78, 5) is 0. The van der Waals surface area contributed by atoms with E-state index in [1.165, 1.54) is 12.1 Å². The van der Waals surface area contributed by atoms with Crippen LogP contribution >= 0.6 is 11.6 Å². The average molecular weight is 267 g/mol. The van der Waals surface area contributed by atoms with Crippen molar-refractivity contribution in [3.63, 3.8) is 0 Å². The van der Waals surface area contributed by atoms with Crippen molar-refractivity contribution in [2.24, 2.45) is 0 Å². The van der Waals surface area contributed by atoms with Gasteiger partial charge in [-0.1, -0.05) is 11.6 Å². The third-order valence-electron chi connectivity index (χ3n) is 1.58. The first kappa shape index (κ1) is 12.7. The molecule has 1 rings (SSSR count). The first-order valence-corrected chi connectivity index (χ1v) is 5.78. The second kappa shape index (κ2) is 4.63. The van der Waals surface area contributed by atoms with Gasteiger partial charge in [-0.25, -0.2) is 8.42 Å². The molecule has 1 N–H and O–H groups in total. The maximum Gasteiger partial charge on any atom is 0.355 e. The highest BCUT2D eigenvalue weighted by Crippen LogP contribution is 2.24. The van der Waals surface area contributed by atoms with E-state index in [4.69, 9.17) is 16.9 Å². The van der Waals surface area contributed by atoms with Gasteiger partial charge >= 0.3 is 5.76 Å². The second-order valence-electron chi connectivity index (χ2n) is 2.71. The largest absolute Gasteiger partial charge is 0.355 e. The molecule has 0 aliphatic heterocycles. The Morgan fingerprint density at radius 1 is 1.44 bits per heavy atom. The van der Waals surface area contributed by atoms with Gasteiger partial charge in [-0.05, 0) is 18.2 Å². The maximum atomic E-state index is 12.0. The van der Waals surface area contributed by atoms with Crippen molar-refractivity contribution in [2.75, 3.05) is 4.72 Å². The Hall–Kier alpha value is -1.39. The van der Waals surface area contributed by atoms with Crippen LogP contribution in [0.1, 0.15) is 5.56 Å². The molecule has 0 aliphatic rings. The van der Waals surface area contributed by atoms with E-state index in [0.717, 1.165) is 6.07 Å². The predicted molar refractivity (Wildman–Crippen MR) is 54.7 cm³/mol. The Morgan fingerprint density at radius 3 is 2.50 bits per heavy atom. The summed E-state index contributed by atoms with van der Waals surface area (Å²) in [6.07, 6.45) is 0. The molecule has 0 aromatic heterocycles. The molecule has 0 saturated heterocycles. The lowest BCUT2D eigenvalue weighted by Gasteiger charge is -2.08. The summed E-state index contributed by atoms with van der Waals surface area (Å²) in [5, 5.41) is 8.38. The molecule has 0 amide bonds. The first-order chi connectivity index (χ1) is 7.36. The van der Waals surface area contributed by atoms with Crippen LogP contribution in [-0.2, 0) is 10.0 Å². The summed E-state index contributed by atoms with van der Waals surface area (Å²) >= 11 is 5.60. The molecule has 0 saturated carbocycles. The number of anilines is 1. The second-order valence-corrected chi connectivity index (χ2v) is 4.77. The molecule has 0 spiro atoms. The van der Waals surface area contributed by atoms with Crippen molar-refractivity contribution in [2.45, 2.75) is 5.76 Å². The third kappa shape index (κ3) is 2.81. The Kier molecular flexibility index (Phi) is 3.67. The minimum Gasteiger partial charge on any atom is -0.277 e. The van der Waals surface area contributed by atoms with Gasteiger partial charge in [0.05, 0.1) is 22.3 Å². The minimum atomic E-state index is -4.74. The third-order valence-corrected chi connectivity index (χ3v) is 2.87. The fourth-order valence-corrected chi connectivity index (χ4v) is 1.72. The van der Waals surface area contributed by atoms with E-state index in [-0.39, 0.29) is 16.3 Å². The topological polar surface area (TPSA) is 70.0 Å². The van der Waals surface area contributed by atoms with Crippen LogP contribution in [0.15, 0.2) is 18.2 Å². The van der Waals surface area contributed by atoms with Crippen molar-refractivity contribution in [1.29, 1.82) is 5.26 Å². The van der Waals surface area contributed by atoms with Crippen LogP contribution in [0.2, 0.25) is 5.02 Å². The standard InChI is InChI=1S/C8H5ClF2N2O2S/c9-6-3-5(4-12)1-2-7(6)13-16(14,15)8(10)11/h1-3,8,13H. The SMILES string of the molecule is N#Cc1ccc(NS(=O)(=O)C(F)F)c(Cl)c1. The molecule has 0 atom stereocenters. The van der Waals surface area contributed by atoms with Crippen molar-refractivity contribution >= 4 is 27.3 Å². The molecule has 0 aliphatic carbocycles. The molecule has 0 bridgehead atoms. The van der Waals surface area contributed by atoms with Gasteiger partial charge in [-0.2, -0.15) is 14.0 Å². The fraction of sp³-hybridized carbons (Fsp3) is 0.125. The van der Waals surface area contributed by atoms with E-state index < -0.39 is 15.8 Å². The number of benzene rings is 1. The Balaban J connectivity index is 3.05. The fourth-order valence-electron chi connectivity index (χ4n) is 0.865. The highest BCUT2D eigenvalue weighted by atomic mass is 35.5. The zero-order valence-corrected chi connectivity index (χ0v) is 9.19. The Labute approximate surface area is 95.5 Å². The summed E-state index contributed by atoms with van der Waals surface area (Å²) in [5.74, 6) is -3.54. The number of sulfonamides is 1. The molecule has 8 heteroatoms. The van der Waals surface area contributed by atoms with Crippen molar-refractivity contribution < 1.29 is 17.2 Å². The van der Waals surface area contributed by atoms with E-state index in [2.05, 4.69) is 0 Å². The molecule has 0 unspecified atom stereocenters. The highest BCUT2D eigenvalue weighted by molar-refractivity contribution is 7.93. The van der Waals surface area contributed by atoms with E-state index >= 15 is 0 Å². The molecule has 16 heavy (non-hydrogen) atoms. The van der Waals surface area contributed by atoms with Gasteiger partial charge < -0.3 is 0 Å². The number of alkyl halides is 2. The summed E-state index contributed by atoms with van der Waals surface area (Å²) in [6, 6.07) is 5.34. The van der Waals surface area contributed by atoms with Gasteiger partial charge in [0, 0.05) is 0 Å². The predicted octanol–water partition coefficient (Wildman–Crippen LogP) is 2.18. The minimum absolute atomic E-state index is 0.122. The van der Waals surface area contributed by atoms with Gasteiger partial charge in [-0.15, -0.1) is 0 Å². The molecule has 86 valence electrons. The average Bonchev–Trinajstić information content (AvgIpc) is 2.20. The number of halogens is 3. The van der Waals surface area contributed by atoms with Gasteiger partial charge in [0.15, 0.2) is 0 Å². The zero-order valence-electron chi connectivity index (χ0n) is 7.62. The number of nitrogens with zero attached hydrogens (tertiary/aromatic N) is 1. The van der Waals surface area contributed by atoms with E-state index in [1.54, 1.807) is 10.8 Å². The highest BCUT2D eigenvalue weighted by Gasteiger charge is 2.24. The number of hydrogen-bond acceptors (Lipinski definition) is 3. The smallest absolute Gasteiger partial charge is 0.277 e. The van der Waals surface area contributed by atoms with Crippen LogP contribution < -0.4 is 4.72 Å². The van der Waals surface area contributed by atoms with Crippen LogP contribution in [0.4, 0.5) is 14.5 Å². The number of hydrogen-bond donors (Lipinski definition) is 1. The molecule has 0 heterocycles. The van der Waals surface area contributed by atoms with Crippen molar-refractivity contribution in [1.82, 2.24) is 0 Å². The van der Waals surface area contributed by atoms with Crippen molar-refractivity contribution in [3.05, 3.63) is 28.8 Å². The Bertz CT molecular complexity index is 539. The molecule has 1 aromatic carbocycles. The van der Waals surface area contributed by atoms with Gasteiger partial charge in [0.2, 0.25) is 0 Å². The summed E-state index contributed by atoms with van der Waals surface area (Å²) in [5.41, 5.74) is 0.00552. The molecule has 4 nitrogen and oxygen atoms in total. The van der Waals surface area contributed by atoms with Crippen LogP contribution in [-0.4, -0.2) is 14.2 Å². The van der Waals surface area contributed by atoms with Gasteiger partial charge in [-0.3, -0.25) is 4.72 Å². The number of nitriles is 1. The number of nitrogens with one attached hydrogen (secondary N) is 1. The molecular formula is C8H5ClF2N2O2S. The maximum absolute atomic E-state index is 12.0. The lowest BCUT2D eigenvalue weighted by atomic mass is 10.2. The van der Waals surface area contributed by atoms with Gasteiger partial charge in [0.25, 0.3) is 10.0 Å². The van der Waals surface area contributed by atoms with Gasteiger partial charge in [0.1, 0.15) is 0 Å². The lowest BCUT2D eigenvalue weighted by molar-refractivity contribution is 0.236. The summed E-state index contributed by atoms with van der Waals surface area (Å²) in [6.45, 7) is 0. The molecule has 0 radical (unpaired) electrons. The monoisotopic (exact) mass is 266 g/mol. The normalized spacial score (nSPS) is 11.2.